The second-order valence-electron chi connectivity index (χ2n) is 3.86. The number of rotatable bonds is 3. The molecule has 0 spiro atoms. The third-order valence-corrected chi connectivity index (χ3v) is 3.35. The number of hydrogen-bond donors (Lipinski definition) is 2. The molecule has 2 heterocycles. The lowest BCUT2D eigenvalue weighted by Crippen LogP contribution is -1.99. The maximum Gasteiger partial charge on any atom is 0.230 e. The summed E-state index contributed by atoms with van der Waals surface area (Å²) in [5.41, 5.74) is 7.25. The van der Waals surface area contributed by atoms with Gasteiger partial charge in [-0.25, -0.2) is 9.97 Å². The Morgan fingerprint density at radius 3 is 2.63 bits per heavy atom. The van der Waals surface area contributed by atoms with Crippen LogP contribution in [0.25, 0.3) is 10.7 Å². The third kappa shape index (κ3) is 2.69. The van der Waals surface area contributed by atoms with Gasteiger partial charge < -0.3 is 11.1 Å². The topological polar surface area (TPSA) is 76.7 Å². The standard InChI is InChI=1S/C13H11N5S/c14-9-3-5-10(6-4-9)17-13-16-8-15-12(18-13)11-2-1-7-19-11/h1-8H,14H2,(H,15,16,17,18). The second kappa shape index (κ2) is 5.03. The highest BCUT2D eigenvalue weighted by atomic mass is 32.1. The van der Waals surface area contributed by atoms with Crippen molar-refractivity contribution in [1.29, 1.82) is 0 Å². The molecule has 0 fully saturated rings. The number of thiophene rings is 1. The molecule has 3 N–H and O–H groups in total. The first-order valence-electron chi connectivity index (χ1n) is 5.67. The maximum atomic E-state index is 5.64. The summed E-state index contributed by atoms with van der Waals surface area (Å²) in [5, 5.41) is 5.11. The van der Waals surface area contributed by atoms with Crippen LogP contribution in [0.4, 0.5) is 17.3 Å². The smallest absolute Gasteiger partial charge is 0.230 e. The van der Waals surface area contributed by atoms with Gasteiger partial charge in [-0.1, -0.05) is 6.07 Å². The normalized spacial score (nSPS) is 10.3. The van der Waals surface area contributed by atoms with Crippen molar-refractivity contribution in [3.8, 4) is 10.7 Å². The number of nitrogen functional groups attached to an aromatic ring is 1. The minimum absolute atomic E-state index is 0.517. The van der Waals surface area contributed by atoms with E-state index in [9.17, 15) is 0 Å². The molecular weight excluding hydrogens is 258 g/mol. The summed E-state index contributed by atoms with van der Waals surface area (Å²) in [7, 11) is 0. The summed E-state index contributed by atoms with van der Waals surface area (Å²) in [6, 6.07) is 11.4. The molecule has 0 saturated heterocycles. The Morgan fingerprint density at radius 1 is 1.05 bits per heavy atom. The van der Waals surface area contributed by atoms with E-state index in [2.05, 4.69) is 20.3 Å². The molecule has 19 heavy (non-hydrogen) atoms. The summed E-state index contributed by atoms with van der Waals surface area (Å²) in [5.74, 6) is 1.19. The molecule has 0 radical (unpaired) electrons. The van der Waals surface area contributed by atoms with Gasteiger partial charge in [0.2, 0.25) is 5.95 Å². The zero-order valence-corrected chi connectivity index (χ0v) is 10.8. The number of benzene rings is 1. The summed E-state index contributed by atoms with van der Waals surface area (Å²) >= 11 is 1.60. The number of aromatic nitrogens is 3. The number of nitrogens with zero attached hydrogens (tertiary/aromatic N) is 3. The summed E-state index contributed by atoms with van der Waals surface area (Å²) in [6.45, 7) is 0. The van der Waals surface area contributed by atoms with Gasteiger partial charge in [-0.3, -0.25) is 0 Å². The van der Waals surface area contributed by atoms with Gasteiger partial charge in [0.05, 0.1) is 4.88 Å². The first-order chi connectivity index (χ1) is 9.31. The van der Waals surface area contributed by atoms with Crippen molar-refractivity contribution in [1.82, 2.24) is 15.0 Å². The predicted molar refractivity (Wildman–Crippen MR) is 77.3 cm³/mol. The number of nitrogens with two attached hydrogens (primary N) is 1. The van der Waals surface area contributed by atoms with Crippen molar-refractivity contribution in [2.24, 2.45) is 0 Å². The summed E-state index contributed by atoms with van der Waals surface area (Å²) < 4.78 is 0. The third-order valence-electron chi connectivity index (χ3n) is 2.48. The van der Waals surface area contributed by atoms with Crippen molar-refractivity contribution in [2.45, 2.75) is 0 Å². The van der Waals surface area contributed by atoms with Crippen LogP contribution in [0.1, 0.15) is 0 Å². The zero-order valence-electron chi connectivity index (χ0n) is 9.95. The lowest BCUT2D eigenvalue weighted by Gasteiger charge is -2.05. The molecule has 0 bridgehead atoms. The molecule has 3 rings (SSSR count). The van der Waals surface area contributed by atoms with Crippen LogP contribution in [0.3, 0.4) is 0 Å². The van der Waals surface area contributed by atoms with Gasteiger partial charge in [-0.2, -0.15) is 4.98 Å². The molecule has 0 unspecified atom stereocenters. The molecule has 5 nitrogen and oxygen atoms in total. The van der Waals surface area contributed by atoms with Crippen LogP contribution in [-0.2, 0) is 0 Å². The molecule has 0 atom stereocenters. The monoisotopic (exact) mass is 269 g/mol. The molecule has 0 aliphatic carbocycles. The van der Waals surface area contributed by atoms with Gasteiger partial charge in [0.1, 0.15) is 6.33 Å². The number of nitrogens with one attached hydrogen (secondary N) is 1. The van der Waals surface area contributed by atoms with Crippen LogP contribution >= 0.6 is 11.3 Å². The SMILES string of the molecule is Nc1ccc(Nc2ncnc(-c3cccs3)n2)cc1. The Bertz CT molecular complexity index is 664. The summed E-state index contributed by atoms with van der Waals surface area (Å²) in [4.78, 5) is 13.7. The van der Waals surface area contributed by atoms with Gasteiger partial charge in [0, 0.05) is 11.4 Å². The molecule has 6 heteroatoms. The van der Waals surface area contributed by atoms with E-state index < -0.39 is 0 Å². The van der Waals surface area contributed by atoms with Gasteiger partial charge >= 0.3 is 0 Å². The van der Waals surface area contributed by atoms with Crippen LogP contribution in [0.2, 0.25) is 0 Å². The Hall–Kier alpha value is -2.47. The van der Waals surface area contributed by atoms with E-state index in [1.807, 2.05) is 41.8 Å². The minimum Gasteiger partial charge on any atom is -0.399 e. The summed E-state index contributed by atoms with van der Waals surface area (Å²) in [6.07, 6.45) is 1.50. The van der Waals surface area contributed by atoms with E-state index in [0.717, 1.165) is 16.3 Å². The van der Waals surface area contributed by atoms with Crippen LogP contribution in [0, 0.1) is 0 Å². The average molecular weight is 269 g/mol. The van der Waals surface area contributed by atoms with Crippen LogP contribution < -0.4 is 11.1 Å². The van der Waals surface area contributed by atoms with Crippen molar-refractivity contribution in [3.05, 3.63) is 48.1 Å². The number of hydrogen-bond acceptors (Lipinski definition) is 6. The molecule has 94 valence electrons. The highest BCUT2D eigenvalue weighted by Crippen LogP contribution is 2.22. The molecular formula is C13H11N5S. The molecule has 1 aromatic carbocycles. The first kappa shape index (κ1) is 11.6. The molecule has 0 aliphatic heterocycles. The molecule has 3 aromatic rings. The van der Waals surface area contributed by atoms with E-state index in [0.29, 0.717) is 11.8 Å². The Balaban J connectivity index is 1.85. The fraction of sp³-hybridized carbons (Fsp3) is 0. The lowest BCUT2D eigenvalue weighted by atomic mass is 10.3. The molecule has 0 aliphatic rings. The highest BCUT2D eigenvalue weighted by Gasteiger charge is 2.04. The fourth-order valence-corrected chi connectivity index (χ4v) is 2.24. The van der Waals surface area contributed by atoms with Crippen LogP contribution in [0.15, 0.2) is 48.1 Å². The second-order valence-corrected chi connectivity index (χ2v) is 4.80. The first-order valence-corrected chi connectivity index (χ1v) is 6.55. The van der Waals surface area contributed by atoms with Gasteiger partial charge in [-0.05, 0) is 35.7 Å². The van der Waals surface area contributed by atoms with E-state index in [1.54, 1.807) is 11.3 Å². The van der Waals surface area contributed by atoms with Crippen molar-refractivity contribution in [2.75, 3.05) is 11.1 Å². The average Bonchev–Trinajstić information content (AvgIpc) is 2.96. The van der Waals surface area contributed by atoms with Crippen molar-refractivity contribution < 1.29 is 0 Å². The molecule has 2 aromatic heterocycles. The minimum atomic E-state index is 0.517. The van der Waals surface area contributed by atoms with E-state index in [4.69, 9.17) is 5.73 Å². The molecule has 0 amide bonds. The predicted octanol–water partition coefficient (Wildman–Crippen LogP) is 2.93. The lowest BCUT2D eigenvalue weighted by molar-refractivity contribution is 1.07. The van der Waals surface area contributed by atoms with E-state index >= 15 is 0 Å². The van der Waals surface area contributed by atoms with E-state index in [1.165, 1.54) is 6.33 Å². The highest BCUT2D eigenvalue weighted by molar-refractivity contribution is 7.13. The quantitative estimate of drug-likeness (QED) is 0.715. The van der Waals surface area contributed by atoms with Gasteiger partial charge in [0.15, 0.2) is 5.82 Å². The fourth-order valence-electron chi connectivity index (χ4n) is 1.58. The maximum absolute atomic E-state index is 5.64. The van der Waals surface area contributed by atoms with Crippen molar-refractivity contribution in [3.63, 3.8) is 0 Å². The van der Waals surface area contributed by atoms with E-state index in [-0.39, 0.29) is 0 Å². The zero-order chi connectivity index (χ0) is 13.1. The van der Waals surface area contributed by atoms with Gasteiger partial charge in [-0.15, -0.1) is 11.3 Å². The largest absolute Gasteiger partial charge is 0.399 e. The Labute approximate surface area is 114 Å². The number of anilines is 3. The van der Waals surface area contributed by atoms with Gasteiger partial charge in [0.25, 0.3) is 0 Å². The van der Waals surface area contributed by atoms with Crippen molar-refractivity contribution >= 4 is 28.7 Å². The Kier molecular flexibility index (Phi) is 3.07. The van der Waals surface area contributed by atoms with Crippen LogP contribution in [0.5, 0.6) is 0 Å². The Morgan fingerprint density at radius 2 is 1.89 bits per heavy atom. The van der Waals surface area contributed by atoms with Crippen LogP contribution in [-0.4, -0.2) is 15.0 Å². The molecule has 0 saturated carbocycles.